The minimum absolute atomic E-state index is 0.203. The number of sulfonamides is 1. The van der Waals surface area contributed by atoms with E-state index in [1.165, 1.54) is 11.4 Å². The largest absolute Gasteiger partial charge is 0.477 e. The van der Waals surface area contributed by atoms with E-state index in [0.29, 0.717) is 0 Å². The fourth-order valence-electron chi connectivity index (χ4n) is 1.21. The Kier molecular flexibility index (Phi) is 4.28. The first kappa shape index (κ1) is 13.7. The van der Waals surface area contributed by atoms with Crippen LogP contribution in [0.2, 0.25) is 0 Å². The second-order valence-electron chi connectivity index (χ2n) is 3.35. The molecule has 17 heavy (non-hydrogen) atoms. The highest BCUT2D eigenvalue weighted by molar-refractivity contribution is 7.89. The number of aromatic carboxylic acids is 1. The zero-order valence-electron chi connectivity index (χ0n) is 9.00. The number of rotatable bonds is 5. The summed E-state index contributed by atoms with van der Waals surface area (Å²) in [6, 6.07) is 0.825. The number of hydrogen-bond donors (Lipinski definition) is 2. The van der Waals surface area contributed by atoms with Crippen LogP contribution in [0.1, 0.15) is 23.0 Å². The van der Waals surface area contributed by atoms with Crippen LogP contribution in [0.3, 0.4) is 0 Å². The van der Waals surface area contributed by atoms with Gasteiger partial charge in [0.05, 0.1) is 0 Å². The van der Waals surface area contributed by atoms with E-state index in [2.05, 4.69) is 10.6 Å². The summed E-state index contributed by atoms with van der Waals surface area (Å²) in [6.45, 7) is 1.62. The number of nitrogens with one attached hydrogen (secondary N) is 1. The van der Waals surface area contributed by atoms with Crippen LogP contribution in [0.5, 0.6) is 0 Å². The fraction of sp³-hybridized carbons (Fsp3) is 0.300. The predicted octanol–water partition coefficient (Wildman–Crippen LogP) is 1.14. The molecule has 1 atom stereocenters. The Morgan fingerprint density at radius 2 is 2.35 bits per heavy atom. The fourth-order valence-corrected chi connectivity index (χ4v) is 3.72. The van der Waals surface area contributed by atoms with E-state index in [4.69, 9.17) is 11.5 Å². The molecule has 0 aliphatic heterocycles. The van der Waals surface area contributed by atoms with E-state index >= 15 is 0 Å². The first-order chi connectivity index (χ1) is 7.88. The summed E-state index contributed by atoms with van der Waals surface area (Å²) in [5.41, 5.74) is 0. The summed E-state index contributed by atoms with van der Waals surface area (Å²) >= 11 is 0.866. The lowest BCUT2D eigenvalue weighted by molar-refractivity contribution is 0.0698. The van der Waals surface area contributed by atoms with Gasteiger partial charge in [0.25, 0.3) is 0 Å². The molecule has 1 rings (SSSR count). The van der Waals surface area contributed by atoms with E-state index in [1.54, 1.807) is 6.92 Å². The van der Waals surface area contributed by atoms with Gasteiger partial charge in [0.15, 0.2) is 0 Å². The van der Waals surface area contributed by atoms with Crippen LogP contribution in [0.25, 0.3) is 0 Å². The normalized spacial score (nSPS) is 12.9. The number of carboxylic acids is 1. The maximum absolute atomic E-state index is 11.9. The predicted molar refractivity (Wildman–Crippen MR) is 64.5 cm³/mol. The minimum Gasteiger partial charge on any atom is -0.477 e. The molecule has 1 unspecified atom stereocenters. The second-order valence-corrected chi connectivity index (χ2v) is 5.95. The molecule has 0 aliphatic carbocycles. The maximum Gasteiger partial charge on any atom is 0.347 e. The van der Waals surface area contributed by atoms with Crippen molar-refractivity contribution in [3.63, 3.8) is 0 Å². The van der Waals surface area contributed by atoms with Gasteiger partial charge in [-0.05, 0) is 18.4 Å². The Hall–Kier alpha value is -1.36. The van der Waals surface area contributed by atoms with Crippen molar-refractivity contribution in [1.29, 1.82) is 0 Å². The van der Waals surface area contributed by atoms with E-state index in [-0.39, 0.29) is 16.2 Å². The Bertz CT molecular complexity index is 553. The van der Waals surface area contributed by atoms with Gasteiger partial charge in [-0.1, -0.05) is 0 Å². The van der Waals surface area contributed by atoms with Crippen molar-refractivity contribution in [2.45, 2.75) is 24.3 Å². The van der Waals surface area contributed by atoms with Gasteiger partial charge in [-0.3, -0.25) is 0 Å². The van der Waals surface area contributed by atoms with Gasteiger partial charge >= 0.3 is 5.97 Å². The number of terminal acetylenes is 1. The molecule has 7 heteroatoms. The summed E-state index contributed by atoms with van der Waals surface area (Å²) in [6.07, 6.45) is 5.31. The van der Waals surface area contributed by atoms with Crippen molar-refractivity contribution in [1.82, 2.24) is 4.72 Å². The average Bonchev–Trinajstić information content (AvgIpc) is 2.65. The van der Waals surface area contributed by atoms with Gasteiger partial charge in [0, 0.05) is 12.5 Å². The monoisotopic (exact) mass is 273 g/mol. The van der Waals surface area contributed by atoms with Crippen molar-refractivity contribution in [2.24, 2.45) is 0 Å². The van der Waals surface area contributed by atoms with E-state index in [1.807, 2.05) is 0 Å². The highest BCUT2D eigenvalue weighted by Gasteiger charge is 2.24. The van der Waals surface area contributed by atoms with Crippen LogP contribution in [-0.2, 0) is 10.0 Å². The Morgan fingerprint density at radius 1 is 1.71 bits per heavy atom. The molecule has 92 valence electrons. The number of carboxylic acid groups (broad SMARTS) is 1. The molecule has 1 aromatic heterocycles. The van der Waals surface area contributed by atoms with Crippen molar-refractivity contribution < 1.29 is 18.3 Å². The van der Waals surface area contributed by atoms with Crippen LogP contribution >= 0.6 is 11.3 Å². The topological polar surface area (TPSA) is 83.5 Å². The van der Waals surface area contributed by atoms with Crippen LogP contribution < -0.4 is 4.72 Å². The first-order valence-electron chi connectivity index (χ1n) is 4.65. The van der Waals surface area contributed by atoms with Crippen LogP contribution in [0.15, 0.2) is 16.3 Å². The summed E-state index contributed by atoms with van der Waals surface area (Å²) in [5, 5.41) is 10.3. The maximum atomic E-state index is 11.9. The molecule has 0 aromatic carbocycles. The number of hydrogen-bond acceptors (Lipinski definition) is 4. The Labute approximate surface area is 104 Å². The first-order valence-corrected chi connectivity index (χ1v) is 7.01. The van der Waals surface area contributed by atoms with Gasteiger partial charge in [0.2, 0.25) is 10.0 Å². The third-order valence-corrected chi connectivity index (χ3v) is 4.56. The lowest BCUT2D eigenvalue weighted by atomic mass is 10.3. The molecule has 0 fully saturated rings. The molecule has 1 aromatic rings. The van der Waals surface area contributed by atoms with E-state index in [9.17, 15) is 13.2 Å². The molecule has 0 saturated heterocycles. The molecule has 5 nitrogen and oxygen atoms in total. The van der Waals surface area contributed by atoms with Crippen molar-refractivity contribution in [3.05, 3.63) is 16.3 Å². The standard InChI is InChI=1S/C10H11NO4S2/c1-3-4-7(2)11-17(14,15)8-5-6-16-9(8)10(12)13/h1,5-7,11H,4H2,2H3,(H,12,13). The summed E-state index contributed by atoms with van der Waals surface area (Å²) < 4.78 is 26.1. The zero-order chi connectivity index (χ0) is 13.1. The Morgan fingerprint density at radius 3 is 2.88 bits per heavy atom. The summed E-state index contributed by atoms with van der Waals surface area (Å²) in [4.78, 5) is 10.4. The molecular weight excluding hydrogens is 262 g/mol. The summed E-state index contributed by atoms with van der Waals surface area (Å²) in [7, 11) is -3.83. The third kappa shape index (κ3) is 3.30. The number of carbonyl (C=O) groups is 1. The minimum atomic E-state index is -3.83. The third-order valence-electron chi connectivity index (χ3n) is 1.89. The van der Waals surface area contributed by atoms with Crippen molar-refractivity contribution >= 4 is 27.3 Å². The lowest BCUT2D eigenvalue weighted by Crippen LogP contribution is -2.32. The molecule has 0 amide bonds. The van der Waals surface area contributed by atoms with Crippen LogP contribution in [0, 0.1) is 12.3 Å². The van der Waals surface area contributed by atoms with Gasteiger partial charge in [-0.15, -0.1) is 23.7 Å². The van der Waals surface area contributed by atoms with E-state index in [0.717, 1.165) is 11.3 Å². The SMILES string of the molecule is C#CCC(C)NS(=O)(=O)c1ccsc1C(=O)O. The summed E-state index contributed by atoms with van der Waals surface area (Å²) in [5.74, 6) is 1.07. The van der Waals surface area contributed by atoms with Gasteiger partial charge in [-0.2, -0.15) is 0 Å². The highest BCUT2D eigenvalue weighted by Crippen LogP contribution is 2.22. The zero-order valence-corrected chi connectivity index (χ0v) is 10.6. The molecule has 2 N–H and O–H groups in total. The molecular formula is C10H11NO4S2. The van der Waals surface area contributed by atoms with Crippen LogP contribution in [0.4, 0.5) is 0 Å². The average molecular weight is 273 g/mol. The smallest absolute Gasteiger partial charge is 0.347 e. The van der Waals surface area contributed by atoms with Gasteiger partial charge in [0.1, 0.15) is 9.77 Å². The van der Waals surface area contributed by atoms with E-state index < -0.39 is 22.0 Å². The van der Waals surface area contributed by atoms with Crippen molar-refractivity contribution in [3.8, 4) is 12.3 Å². The molecule has 0 bridgehead atoms. The number of thiophene rings is 1. The van der Waals surface area contributed by atoms with Crippen molar-refractivity contribution in [2.75, 3.05) is 0 Å². The quantitative estimate of drug-likeness (QED) is 0.788. The molecule has 0 spiro atoms. The van der Waals surface area contributed by atoms with Gasteiger partial charge in [-0.25, -0.2) is 17.9 Å². The van der Waals surface area contributed by atoms with Crippen LogP contribution in [-0.4, -0.2) is 25.5 Å². The molecule has 0 aliphatic rings. The lowest BCUT2D eigenvalue weighted by Gasteiger charge is -2.11. The molecule has 0 radical (unpaired) electrons. The van der Waals surface area contributed by atoms with Gasteiger partial charge < -0.3 is 5.11 Å². The second kappa shape index (κ2) is 5.31. The molecule has 0 saturated carbocycles. The Balaban J connectivity index is 3.02. The molecule has 1 heterocycles. The highest BCUT2D eigenvalue weighted by atomic mass is 32.2.